The van der Waals surface area contributed by atoms with Gasteiger partial charge in [-0.05, 0) is 98.6 Å². The van der Waals surface area contributed by atoms with Crippen LogP contribution in [0.5, 0.6) is 5.75 Å². The summed E-state index contributed by atoms with van der Waals surface area (Å²) in [5, 5.41) is 12.4. The standard InChI is InChI=1S/C29H33ClN6O3S/c1-4-36(16-15-35-13-5-6-14-35)40(37,38)24-10-7-22(8-11-24)31-29-32-28-20(2)17-21(18-27(28)33-34-29)25-19-23(39-3)9-12-26(25)30/h7-12,17-19H,4-6,13-16H2,1-3H3,(H,31,32,34). The number of methoxy groups -OCH3 is 1. The van der Waals surface area contributed by atoms with Crippen molar-refractivity contribution < 1.29 is 13.2 Å². The Bertz CT molecular complexity index is 1610. The lowest BCUT2D eigenvalue weighted by atomic mass is 10.0. The molecule has 1 saturated heterocycles. The number of benzene rings is 3. The fourth-order valence-corrected chi connectivity index (χ4v) is 6.64. The maximum Gasteiger partial charge on any atom is 0.247 e. The molecular weight excluding hydrogens is 548 g/mol. The minimum absolute atomic E-state index is 0.262. The second-order valence-corrected chi connectivity index (χ2v) is 12.2. The molecule has 210 valence electrons. The number of nitrogens with one attached hydrogen (secondary N) is 1. The molecule has 11 heteroatoms. The highest BCUT2D eigenvalue weighted by Gasteiger charge is 2.24. The predicted octanol–water partition coefficient (Wildman–Crippen LogP) is 5.51. The Morgan fingerprint density at radius 3 is 2.50 bits per heavy atom. The Hall–Kier alpha value is -3.31. The third kappa shape index (κ3) is 6.05. The maximum absolute atomic E-state index is 13.2. The number of sulfonamides is 1. The Morgan fingerprint density at radius 2 is 1.80 bits per heavy atom. The monoisotopic (exact) mass is 580 g/mol. The molecule has 0 saturated carbocycles. The van der Waals surface area contributed by atoms with Gasteiger partial charge in [0.1, 0.15) is 11.3 Å². The van der Waals surface area contributed by atoms with Crippen molar-refractivity contribution in [2.75, 3.05) is 45.2 Å². The molecule has 0 radical (unpaired) electrons. The van der Waals surface area contributed by atoms with E-state index in [1.54, 1.807) is 41.7 Å². The largest absolute Gasteiger partial charge is 0.497 e. The summed E-state index contributed by atoms with van der Waals surface area (Å²) in [7, 11) is -1.97. The molecule has 0 unspecified atom stereocenters. The van der Waals surface area contributed by atoms with E-state index in [1.165, 1.54) is 12.8 Å². The number of anilines is 2. The topological polar surface area (TPSA) is 101 Å². The van der Waals surface area contributed by atoms with Crippen molar-refractivity contribution >= 4 is 44.3 Å². The van der Waals surface area contributed by atoms with E-state index in [9.17, 15) is 8.42 Å². The summed E-state index contributed by atoms with van der Waals surface area (Å²) < 4.78 is 33.4. The number of likely N-dealkylation sites (tertiary alicyclic amines) is 1. The van der Waals surface area contributed by atoms with Crippen LogP contribution in [-0.4, -0.2) is 72.6 Å². The van der Waals surface area contributed by atoms with Gasteiger partial charge in [-0.15, -0.1) is 10.2 Å². The van der Waals surface area contributed by atoms with E-state index in [2.05, 4.69) is 25.4 Å². The van der Waals surface area contributed by atoms with Crippen LogP contribution in [-0.2, 0) is 10.0 Å². The molecule has 4 aromatic rings. The molecule has 1 aliphatic heterocycles. The molecule has 1 aliphatic rings. The van der Waals surface area contributed by atoms with E-state index in [0.29, 0.717) is 46.5 Å². The van der Waals surface area contributed by atoms with Gasteiger partial charge in [-0.1, -0.05) is 18.5 Å². The zero-order chi connectivity index (χ0) is 28.3. The van der Waals surface area contributed by atoms with Crippen LogP contribution >= 0.6 is 11.6 Å². The van der Waals surface area contributed by atoms with Gasteiger partial charge in [-0.3, -0.25) is 0 Å². The van der Waals surface area contributed by atoms with Gasteiger partial charge < -0.3 is 15.0 Å². The number of nitrogens with zero attached hydrogens (tertiary/aromatic N) is 5. The third-order valence-corrected chi connectivity index (χ3v) is 9.52. The van der Waals surface area contributed by atoms with Crippen LogP contribution in [0.4, 0.5) is 11.6 Å². The van der Waals surface area contributed by atoms with Gasteiger partial charge in [0, 0.05) is 35.9 Å². The third-order valence-electron chi connectivity index (χ3n) is 7.20. The highest BCUT2D eigenvalue weighted by molar-refractivity contribution is 7.89. The highest BCUT2D eigenvalue weighted by Crippen LogP contribution is 2.34. The first-order valence-corrected chi connectivity index (χ1v) is 15.2. The summed E-state index contributed by atoms with van der Waals surface area (Å²) in [6.45, 7) is 7.59. The molecule has 1 aromatic heterocycles. The zero-order valence-corrected chi connectivity index (χ0v) is 24.5. The van der Waals surface area contributed by atoms with Crippen molar-refractivity contribution in [1.29, 1.82) is 0 Å². The molecular formula is C29H33ClN6O3S. The van der Waals surface area contributed by atoms with E-state index in [-0.39, 0.29) is 4.90 Å². The van der Waals surface area contributed by atoms with Crippen LogP contribution in [0.25, 0.3) is 22.2 Å². The Kier molecular flexibility index (Phi) is 8.51. The predicted molar refractivity (Wildman–Crippen MR) is 159 cm³/mol. The van der Waals surface area contributed by atoms with Crippen molar-refractivity contribution in [3.8, 4) is 16.9 Å². The van der Waals surface area contributed by atoms with Crippen molar-refractivity contribution in [2.45, 2.75) is 31.6 Å². The van der Waals surface area contributed by atoms with E-state index in [0.717, 1.165) is 36.3 Å². The molecule has 1 N–H and O–H groups in total. The van der Waals surface area contributed by atoms with Gasteiger partial charge in [0.25, 0.3) is 0 Å². The van der Waals surface area contributed by atoms with E-state index in [1.807, 2.05) is 38.1 Å². The molecule has 0 amide bonds. The normalized spacial score (nSPS) is 14.2. The molecule has 3 aromatic carbocycles. The van der Waals surface area contributed by atoms with Crippen LogP contribution in [0.15, 0.2) is 59.5 Å². The number of fused-ring (bicyclic) bond motifs is 1. The van der Waals surface area contributed by atoms with Crippen LogP contribution in [0.2, 0.25) is 5.02 Å². The Balaban J connectivity index is 1.32. The molecule has 9 nitrogen and oxygen atoms in total. The summed E-state index contributed by atoms with van der Waals surface area (Å²) >= 11 is 6.45. The molecule has 1 fully saturated rings. The van der Waals surface area contributed by atoms with Crippen molar-refractivity contribution in [1.82, 2.24) is 24.4 Å². The van der Waals surface area contributed by atoms with Crippen molar-refractivity contribution in [2.24, 2.45) is 0 Å². The molecule has 2 heterocycles. The molecule has 40 heavy (non-hydrogen) atoms. The first kappa shape index (κ1) is 28.2. The summed E-state index contributed by atoms with van der Waals surface area (Å²) in [4.78, 5) is 7.24. The summed E-state index contributed by atoms with van der Waals surface area (Å²) in [6.07, 6.45) is 2.37. The maximum atomic E-state index is 13.2. The van der Waals surface area contributed by atoms with Gasteiger partial charge >= 0.3 is 0 Å². The quantitative estimate of drug-likeness (QED) is 0.262. The lowest BCUT2D eigenvalue weighted by Crippen LogP contribution is -2.37. The van der Waals surface area contributed by atoms with E-state index in [4.69, 9.17) is 16.3 Å². The fourth-order valence-electron chi connectivity index (χ4n) is 4.97. The average molecular weight is 581 g/mol. The smallest absolute Gasteiger partial charge is 0.247 e. The second-order valence-electron chi connectivity index (χ2n) is 9.84. The summed E-state index contributed by atoms with van der Waals surface area (Å²) in [5.41, 5.74) is 4.65. The first-order valence-electron chi connectivity index (χ1n) is 13.4. The lowest BCUT2D eigenvalue weighted by molar-refractivity contribution is 0.299. The molecule has 0 aliphatic carbocycles. The lowest BCUT2D eigenvalue weighted by Gasteiger charge is -2.23. The van der Waals surface area contributed by atoms with Gasteiger partial charge in [-0.25, -0.2) is 13.4 Å². The molecule has 5 rings (SSSR count). The van der Waals surface area contributed by atoms with Crippen molar-refractivity contribution in [3.05, 3.63) is 65.2 Å². The Morgan fingerprint density at radius 1 is 1.05 bits per heavy atom. The van der Waals surface area contributed by atoms with Gasteiger partial charge in [0.15, 0.2) is 0 Å². The molecule has 0 atom stereocenters. The zero-order valence-electron chi connectivity index (χ0n) is 22.9. The van der Waals surface area contributed by atoms with Crippen LogP contribution in [0.3, 0.4) is 0 Å². The van der Waals surface area contributed by atoms with Crippen LogP contribution in [0.1, 0.15) is 25.3 Å². The number of ether oxygens (including phenoxy) is 1. The molecule has 0 spiro atoms. The van der Waals surface area contributed by atoms with Gasteiger partial charge in [0.05, 0.1) is 17.5 Å². The summed E-state index contributed by atoms with van der Waals surface area (Å²) in [5.74, 6) is 1.03. The number of hydrogen-bond donors (Lipinski definition) is 1. The minimum atomic E-state index is -3.58. The number of hydrogen-bond acceptors (Lipinski definition) is 8. The molecule has 0 bridgehead atoms. The van der Waals surface area contributed by atoms with Crippen LogP contribution < -0.4 is 10.1 Å². The Labute approximate surface area is 240 Å². The van der Waals surface area contributed by atoms with E-state index < -0.39 is 10.0 Å². The van der Waals surface area contributed by atoms with Gasteiger partial charge in [0.2, 0.25) is 16.0 Å². The van der Waals surface area contributed by atoms with Gasteiger partial charge in [-0.2, -0.15) is 4.31 Å². The number of aryl methyl sites for hydroxylation is 1. The number of rotatable bonds is 10. The summed E-state index contributed by atoms with van der Waals surface area (Å²) in [6, 6.07) is 16.1. The minimum Gasteiger partial charge on any atom is -0.497 e. The fraction of sp³-hybridized carbons (Fsp3) is 0.345. The van der Waals surface area contributed by atoms with Crippen molar-refractivity contribution in [3.63, 3.8) is 0 Å². The number of aromatic nitrogens is 3. The SMILES string of the molecule is CCN(CCN1CCCC1)S(=O)(=O)c1ccc(Nc2nnc3cc(-c4cc(OC)ccc4Cl)cc(C)c3n2)cc1. The van der Waals surface area contributed by atoms with Crippen LogP contribution in [0, 0.1) is 6.92 Å². The first-order chi connectivity index (χ1) is 19.3. The van der Waals surface area contributed by atoms with E-state index >= 15 is 0 Å². The highest BCUT2D eigenvalue weighted by atomic mass is 35.5. The average Bonchev–Trinajstić information content (AvgIpc) is 3.48. The number of likely N-dealkylation sites (N-methyl/N-ethyl adjacent to an activating group) is 1. The second kappa shape index (κ2) is 12.1. The number of halogens is 1.